The Morgan fingerprint density at radius 1 is 1.32 bits per heavy atom. The van der Waals surface area contributed by atoms with Gasteiger partial charge in [-0.1, -0.05) is 6.07 Å². The number of pyridine rings is 2. The van der Waals surface area contributed by atoms with Crippen LogP contribution in [0.15, 0.2) is 36.7 Å². The van der Waals surface area contributed by atoms with Gasteiger partial charge in [-0.05, 0) is 31.0 Å². The van der Waals surface area contributed by atoms with E-state index < -0.39 is 5.82 Å². The van der Waals surface area contributed by atoms with E-state index in [4.69, 9.17) is 0 Å². The standard InChI is InChI=1S/C16H13FN4O/c17-12-6-11(8-18-9-12)13-2-1-3-16-19-15(20-21(13)16)7-14(22)10-4-5-10/h1-3,6,8-10H,4-5,7H2. The Labute approximate surface area is 125 Å². The topological polar surface area (TPSA) is 60.2 Å². The summed E-state index contributed by atoms with van der Waals surface area (Å²) in [5.41, 5.74) is 1.96. The predicted octanol–water partition coefficient (Wildman–Crippen LogP) is 2.45. The summed E-state index contributed by atoms with van der Waals surface area (Å²) < 4.78 is 15.0. The maximum atomic E-state index is 13.4. The largest absolute Gasteiger partial charge is 0.299 e. The SMILES string of the molecule is O=C(Cc1nc2cccc(-c3cncc(F)c3)n2n1)C1CC1. The Kier molecular flexibility index (Phi) is 2.96. The highest BCUT2D eigenvalue weighted by molar-refractivity contribution is 5.84. The molecule has 1 saturated carbocycles. The molecule has 0 amide bonds. The Balaban J connectivity index is 1.76. The van der Waals surface area contributed by atoms with Crippen molar-refractivity contribution >= 4 is 11.4 Å². The van der Waals surface area contributed by atoms with Crippen LogP contribution in [-0.2, 0) is 11.2 Å². The molecule has 1 aliphatic carbocycles. The molecule has 0 spiro atoms. The second-order valence-electron chi connectivity index (χ2n) is 5.52. The predicted molar refractivity (Wildman–Crippen MR) is 77.6 cm³/mol. The number of aromatic nitrogens is 4. The van der Waals surface area contributed by atoms with Crippen LogP contribution in [0.5, 0.6) is 0 Å². The summed E-state index contributed by atoms with van der Waals surface area (Å²) in [6.07, 6.45) is 4.95. The van der Waals surface area contributed by atoms with E-state index in [9.17, 15) is 9.18 Å². The van der Waals surface area contributed by atoms with E-state index >= 15 is 0 Å². The van der Waals surface area contributed by atoms with Crippen molar-refractivity contribution in [1.82, 2.24) is 19.6 Å². The summed E-state index contributed by atoms with van der Waals surface area (Å²) in [5, 5.41) is 4.40. The van der Waals surface area contributed by atoms with Crippen molar-refractivity contribution in [3.8, 4) is 11.3 Å². The molecule has 0 radical (unpaired) electrons. The fourth-order valence-electron chi connectivity index (χ4n) is 2.50. The molecule has 0 saturated heterocycles. The van der Waals surface area contributed by atoms with E-state index in [-0.39, 0.29) is 18.1 Å². The summed E-state index contributed by atoms with van der Waals surface area (Å²) in [7, 11) is 0. The molecule has 3 aromatic rings. The zero-order chi connectivity index (χ0) is 15.1. The number of hydrogen-bond donors (Lipinski definition) is 0. The maximum absolute atomic E-state index is 13.4. The van der Waals surface area contributed by atoms with E-state index in [0.717, 1.165) is 19.0 Å². The molecular weight excluding hydrogens is 283 g/mol. The summed E-state index contributed by atoms with van der Waals surface area (Å²) in [6, 6.07) is 6.87. The maximum Gasteiger partial charge on any atom is 0.159 e. The lowest BCUT2D eigenvalue weighted by Crippen LogP contribution is -2.06. The first kappa shape index (κ1) is 13.1. The van der Waals surface area contributed by atoms with Gasteiger partial charge in [-0.2, -0.15) is 5.10 Å². The Morgan fingerprint density at radius 2 is 2.18 bits per heavy atom. The van der Waals surface area contributed by atoms with Gasteiger partial charge in [-0.3, -0.25) is 9.78 Å². The van der Waals surface area contributed by atoms with Crippen molar-refractivity contribution in [2.24, 2.45) is 5.92 Å². The average Bonchev–Trinajstić information content (AvgIpc) is 3.27. The van der Waals surface area contributed by atoms with Crippen molar-refractivity contribution in [2.75, 3.05) is 0 Å². The average molecular weight is 296 g/mol. The molecule has 0 atom stereocenters. The molecule has 1 fully saturated rings. The van der Waals surface area contributed by atoms with E-state index in [0.29, 0.717) is 22.7 Å². The minimum atomic E-state index is -0.404. The molecule has 6 heteroatoms. The minimum Gasteiger partial charge on any atom is -0.299 e. The van der Waals surface area contributed by atoms with Crippen LogP contribution in [0.2, 0.25) is 0 Å². The van der Waals surface area contributed by atoms with Gasteiger partial charge in [0.15, 0.2) is 11.5 Å². The second-order valence-corrected chi connectivity index (χ2v) is 5.52. The van der Waals surface area contributed by atoms with Crippen LogP contribution in [0.25, 0.3) is 16.9 Å². The first-order valence-electron chi connectivity index (χ1n) is 7.19. The molecule has 0 aromatic carbocycles. The summed E-state index contributed by atoms with van der Waals surface area (Å²) >= 11 is 0. The molecule has 4 rings (SSSR count). The molecule has 0 aliphatic heterocycles. The fourth-order valence-corrected chi connectivity index (χ4v) is 2.50. The zero-order valence-electron chi connectivity index (χ0n) is 11.7. The van der Waals surface area contributed by atoms with Gasteiger partial charge in [0, 0.05) is 17.7 Å². The van der Waals surface area contributed by atoms with Crippen LogP contribution in [0.4, 0.5) is 4.39 Å². The van der Waals surface area contributed by atoms with Gasteiger partial charge in [0.05, 0.1) is 18.3 Å². The number of rotatable bonds is 4. The second kappa shape index (κ2) is 4.98. The summed E-state index contributed by atoms with van der Waals surface area (Å²) in [5.74, 6) is 0.496. The monoisotopic (exact) mass is 296 g/mol. The number of carbonyl (C=O) groups excluding carboxylic acids is 1. The van der Waals surface area contributed by atoms with Crippen molar-refractivity contribution in [1.29, 1.82) is 0 Å². The van der Waals surface area contributed by atoms with Gasteiger partial charge < -0.3 is 0 Å². The molecule has 0 N–H and O–H groups in total. The van der Waals surface area contributed by atoms with E-state index in [1.807, 2.05) is 18.2 Å². The van der Waals surface area contributed by atoms with E-state index in [2.05, 4.69) is 15.1 Å². The number of hydrogen-bond acceptors (Lipinski definition) is 4. The van der Waals surface area contributed by atoms with Crippen LogP contribution < -0.4 is 0 Å². The quantitative estimate of drug-likeness (QED) is 0.742. The third-order valence-electron chi connectivity index (χ3n) is 3.77. The third-order valence-corrected chi connectivity index (χ3v) is 3.77. The number of halogens is 1. The molecule has 5 nitrogen and oxygen atoms in total. The number of nitrogens with zero attached hydrogens (tertiary/aromatic N) is 4. The van der Waals surface area contributed by atoms with Crippen molar-refractivity contribution in [3.05, 3.63) is 48.3 Å². The Bertz CT molecular complexity index is 869. The molecule has 1 aliphatic rings. The van der Waals surface area contributed by atoms with Crippen molar-refractivity contribution in [3.63, 3.8) is 0 Å². The molecule has 110 valence electrons. The minimum absolute atomic E-state index is 0.193. The number of fused-ring (bicyclic) bond motifs is 1. The highest BCUT2D eigenvalue weighted by atomic mass is 19.1. The molecule has 3 heterocycles. The van der Waals surface area contributed by atoms with Crippen LogP contribution in [-0.4, -0.2) is 25.4 Å². The zero-order valence-corrected chi connectivity index (χ0v) is 11.7. The molecule has 3 aromatic heterocycles. The smallest absolute Gasteiger partial charge is 0.159 e. The van der Waals surface area contributed by atoms with Gasteiger partial charge >= 0.3 is 0 Å². The number of carbonyl (C=O) groups is 1. The lowest BCUT2D eigenvalue weighted by atomic mass is 10.2. The van der Waals surface area contributed by atoms with Crippen LogP contribution >= 0.6 is 0 Å². The summed E-state index contributed by atoms with van der Waals surface area (Å²) in [6.45, 7) is 0. The van der Waals surface area contributed by atoms with Crippen molar-refractivity contribution in [2.45, 2.75) is 19.3 Å². The van der Waals surface area contributed by atoms with Gasteiger partial charge in [-0.15, -0.1) is 0 Å². The highest BCUT2D eigenvalue weighted by Crippen LogP contribution is 2.30. The van der Waals surface area contributed by atoms with Gasteiger partial charge in [0.25, 0.3) is 0 Å². The normalized spacial score (nSPS) is 14.4. The summed E-state index contributed by atoms with van der Waals surface area (Å²) in [4.78, 5) is 20.2. The molecule has 22 heavy (non-hydrogen) atoms. The number of Topliss-reactive ketones (excluding diaryl/α,β-unsaturated/α-hetero) is 1. The van der Waals surface area contributed by atoms with E-state index in [1.54, 1.807) is 10.7 Å². The lowest BCUT2D eigenvalue weighted by molar-refractivity contribution is -0.119. The first-order valence-corrected chi connectivity index (χ1v) is 7.19. The van der Waals surface area contributed by atoms with Crippen LogP contribution in [0.3, 0.4) is 0 Å². The first-order chi connectivity index (χ1) is 10.7. The van der Waals surface area contributed by atoms with Crippen molar-refractivity contribution < 1.29 is 9.18 Å². The van der Waals surface area contributed by atoms with Gasteiger partial charge in [-0.25, -0.2) is 13.9 Å². The van der Waals surface area contributed by atoms with Gasteiger partial charge in [0.2, 0.25) is 0 Å². The Morgan fingerprint density at radius 3 is 2.95 bits per heavy atom. The molecule has 0 unspecified atom stereocenters. The third kappa shape index (κ3) is 2.36. The lowest BCUT2D eigenvalue weighted by Gasteiger charge is -2.03. The number of ketones is 1. The van der Waals surface area contributed by atoms with Crippen LogP contribution in [0, 0.1) is 11.7 Å². The van der Waals surface area contributed by atoms with E-state index in [1.165, 1.54) is 6.07 Å². The van der Waals surface area contributed by atoms with Crippen LogP contribution in [0.1, 0.15) is 18.7 Å². The van der Waals surface area contributed by atoms with Gasteiger partial charge in [0.1, 0.15) is 11.6 Å². The fraction of sp³-hybridized carbons (Fsp3) is 0.250. The Hall–Kier alpha value is -2.63. The molecule has 0 bridgehead atoms. The highest BCUT2D eigenvalue weighted by Gasteiger charge is 2.30. The molecular formula is C16H13FN4O.